The number of benzene rings is 1. The second-order valence-electron chi connectivity index (χ2n) is 4.40. The van der Waals surface area contributed by atoms with Gasteiger partial charge in [0, 0.05) is 0 Å². The van der Waals surface area contributed by atoms with Gasteiger partial charge in [0.2, 0.25) is 0 Å². The zero-order valence-corrected chi connectivity index (χ0v) is 13.6. The number of piperidine rings is 1. The Morgan fingerprint density at radius 3 is 2.59 bits per heavy atom. The molecule has 1 atom stereocenters. The number of carbonyl (C=O) groups is 1. The molecule has 0 aliphatic carbocycles. The van der Waals surface area contributed by atoms with Gasteiger partial charge in [0.15, 0.2) is 0 Å². The third-order valence-electron chi connectivity index (χ3n) is 3.17. The van der Waals surface area contributed by atoms with Crippen molar-refractivity contribution in [3.63, 3.8) is 0 Å². The van der Waals surface area contributed by atoms with Crippen LogP contribution in [0.1, 0.15) is 19.8 Å². The van der Waals surface area contributed by atoms with Crippen LogP contribution in [0.3, 0.4) is 0 Å². The summed E-state index contributed by atoms with van der Waals surface area (Å²) in [4.78, 5) is 13.2. The zero-order valence-electron chi connectivity index (χ0n) is 9.95. The van der Waals surface area contributed by atoms with Gasteiger partial charge >= 0.3 is 118 Å². The monoisotopic (exact) mass is 357 g/mol. The van der Waals surface area contributed by atoms with E-state index in [2.05, 4.69) is 40.2 Å². The van der Waals surface area contributed by atoms with Gasteiger partial charge in [-0.3, -0.25) is 0 Å². The maximum atomic E-state index is 11.2. The molecule has 17 heavy (non-hydrogen) atoms. The van der Waals surface area contributed by atoms with Crippen LogP contribution in [0.2, 0.25) is 4.71 Å². The fourth-order valence-corrected chi connectivity index (χ4v) is 5.95. The quantitative estimate of drug-likeness (QED) is 0.741. The summed E-state index contributed by atoms with van der Waals surface area (Å²) in [5, 5.41) is 0. The minimum absolute atomic E-state index is 0.0845. The molecule has 0 aromatic heterocycles. The van der Waals surface area contributed by atoms with E-state index in [1.807, 2.05) is 4.90 Å². The topological polar surface area (TPSA) is 20.3 Å². The van der Waals surface area contributed by atoms with Crippen molar-refractivity contribution in [1.29, 1.82) is 0 Å². The fraction of sp³-hybridized carbons (Fsp3) is 0.462. The van der Waals surface area contributed by atoms with Gasteiger partial charge < -0.3 is 0 Å². The van der Waals surface area contributed by atoms with E-state index in [1.165, 1.54) is 21.7 Å². The van der Waals surface area contributed by atoms with Crippen LogP contribution in [0.5, 0.6) is 0 Å². The van der Waals surface area contributed by atoms with Crippen LogP contribution in [0, 0.1) is 0 Å². The van der Waals surface area contributed by atoms with Gasteiger partial charge in [-0.1, -0.05) is 0 Å². The molecule has 2 rings (SSSR count). The Kier molecular flexibility index (Phi) is 4.69. The molecule has 1 fully saturated rings. The molecule has 0 bridgehead atoms. The number of nitrogens with zero attached hydrogens (tertiary/aromatic N) is 1. The van der Waals surface area contributed by atoms with Gasteiger partial charge in [-0.25, -0.2) is 0 Å². The van der Waals surface area contributed by atoms with Gasteiger partial charge in [-0.05, 0) is 0 Å². The summed E-state index contributed by atoms with van der Waals surface area (Å²) >= 11 is 3.54. The summed E-state index contributed by atoms with van der Waals surface area (Å²) in [6.45, 7) is 3.58. The first-order valence-electron chi connectivity index (χ1n) is 5.93. The fourth-order valence-electron chi connectivity index (χ4n) is 2.14. The van der Waals surface area contributed by atoms with Gasteiger partial charge in [-0.15, -0.1) is 0 Å². The van der Waals surface area contributed by atoms with Crippen molar-refractivity contribution < 1.29 is 4.79 Å². The molecule has 1 heterocycles. The molecular weight excluding hydrogens is 341 g/mol. The molecule has 1 aliphatic rings. The van der Waals surface area contributed by atoms with Crippen LogP contribution < -0.4 is 4.35 Å². The minimum atomic E-state index is -0.0845. The molecule has 1 aliphatic heterocycles. The number of rotatable bonds is 2. The molecule has 0 N–H and O–H groups in total. The maximum absolute atomic E-state index is 11.2. The average molecular weight is 358 g/mol. The molecule has 0 saturated carbocycles. The van der Waals surface area contributed by atoms with Crippen LogP contribution in [0.25, 0.3) is 0 Å². The zero-order chi connectivity index (χ0) is 12.3. The van der Waals surface area contributed by atoms with Gasteiger partial charge in [0.1, 0.15) is 0 Å². The van der Waals surface area contributed by atoms with Crippen LogP contribution in [-0.4, -0.2) is 39.6 Å². The third kappa shape index (κ3) is 3.59. The van der Waals surface area contributed by atoms with Crippen molar-refractivity contribution in [2.45, 2.75) is 24.5 Å². The molecule has 1 aromatic rings. The van der Waals surface area contributed by atoms with Crippen molar-refractivity contribution >= 4 is 41.9 Å². The number of halogens is 1. The van der Waals surface area contributed by atoms with Crippen LogP contribution in [0.15, 0.2) is 28.7 Å². The van der Waals surface area contributed by atoms with Crippen molar-refractivity contribution in [2.75, 3.05) is 13.1 Å². The van der Waals surface area contributed by atoms with Crippen LogP contribution in [0.4, 0.5) is 0 Å². The summed E-state index contributed by atoms with van der Waals surface area (Å²) in [7, 11) is 0. The van der Waals surface area contributed by atoms with Crippen molar-refractivity contribution in [1.82, 2.24) is 4.90 Å². The molecule has 1 aromatic carbocycles. The predicted octanol–water partition coefficient (Wildman–Crippen LogP) is 1.94. The molecule has 1 unspecified atom stereocenters. The Hall–Kier alpha value is -0.272. The van der Waals surface area contributed by atoms with Gasteiger partial charge in [-0.2, -0.15) is 0 Å². The van der Waals surface area contributed by atoms with Crippen molar-refractivity contribution in [2.24, 2.45) is 0 Å². The summed E-state index contributed by atoms with van der Waals surface area (Å²) in [6, 6.07) is 8.55. The first-order chi connectivity index (χ1) is 8.16. The van der Waals surface area contributed by atoms with Gasteiger partial charge in [0.25, 0.3) is 0 Å². The summed E-state index contributed by atoms with van der Waals surface area (Å²) in [6.07, 6.45) is 2.36. The van der Waals surface area contributed by atoms with E-state index in [0.29, 0.717) is 0 Å². The SMILES string of the molecule is CC(=O)N1CCC([AsH]c2ccccc2Br)CC1. The van der Waals surface area contributed by atoms with Crippen LogP contribution >= 0.6 is 15.9 Å². The van der Waals surface area contributed by atoms with Gasteiger partial charge in [0.05, 0.1) is 0 Å². The van der Waals surface area contributed by atoms with E-state index in [4.69, 9.17) is 0 Å². The first kappa shape index (κ1) is 13.2. The molecule has 1 amide bonds. The molecule has 0 radical (unpaired) electrons. The second-order valence-corrected chi connectivity index (χ2v) is 8.71. The number of hydrogen-bond donors (Lipinski definition) is 0. The molecular formula is C13H17AsBrNO. The number of hydrogen-bond acceptors (Lipinski definition) is 1. The van der Waals surface area contributed by atoms with E-state index in [1.54, 1.807) is 6.92 Å². The normalized spacial score (nSPS) is 17.9. The predicted molar refractivity (Wildman–Crippen MR) is 76.2 cm³/mol. The first-order valence-corrected chi connectivity index (χ1v) is 8.99. The number of amides is 1. The molecule has 4 heteroatoms. The summed E-state index contributed by atoms with van der Waals surface area (Å²) < 4.78 is 3.60. The summed E-state index contributed by atoms with van der Waals surface area (Å²) in [5.74, 6) is 0.226. The van der Waals surface area contributed by atoms with Crippen LogP contribution in [-0.2, 0) is 4.79 Å². The molecule has 0 spiro atoms. The Morgan fingerprint density at radius 1 is 1.35 bits per heavy atom. The molecule has 2 nitrogen and oxygen atoms in total. The van der Waals surface area contributed by atoms with Crippen molar-refractivity contribution in [3.8, 4) is 0 Å². The third-order valence-corrected chi connectivity index (χ3v) is 8.27. The van der Waals surface area contributed by atoms with E-state index >= 15 is 0 Å². The Labute approximate surface area is 118 Å². The molecule has 92 valence electrons. The Morgan fingerprint density at radius 2 is 2.00 bits per heavy atom. The number of carbonyl (C=O) groups excluding carboxylic acids is 1. The van der Waals surface area contributed by atoms with Crippen molar-refractivity contribution in [3.05, 3.63) is 28.7 Å². The van der Waals surface area contributed by atoms with E-state index in [-0.39, 0.29) is 21.7 Å². The average Bonchev–Trinajstić information content (AvgIpc) is 2.33. The summed E-state index contributed by atoms with van der Waals surface area (Å²) in [5.41, 5.74) is 0. The Bertz CT molecular complexity index is 402. The Balaban J connectivity index is 1.90. The second kappa shape index (κ2) is 6.06. The van der Waals surface area contributed by atoms with E-state index in [0.717, 1.165) is 17.8 Å². The van der Waals surface area contributed by atoms with E-state index < -0.39 is 0 Å². The number of likely N-dealkylation sites (tertiary alicyclic amines) is 1. The standard InChI is InChI=1S/C13H17AsBrNO/c1-10(17)16-8-6-11(7-9-16)14-12-4-2-3-5-13(12)15/h2-5,11,14H,6-9H2,1H3. The molecule has 1 saturated heterocycles. The van der Waals surface area contributed by atoms with E-state index in [9.17, 15) is 4.79 Å².